The summed E-state index contributed by atoms with van der Waals surface area (Å²) in [5.74, 6) is -0.603. The van der Waals surface area contributed by atoms with Crippen LogP contribution < -0.4 is 15.5 Å². The maximum Gasteiger partial charge on any atom is 0.415 e. The van der Waals surface area contributed by atoms with Crippen molar-refractivity contribution in [2.45, 2.75) is 71.9 Å². The van der Waals surface area contributed by atoms with Crippen molar-refractivity contribution in [2.24, 2.45) is 17.3 Å². The summed E-state index contributed by atoms with van der Waals surface area (Å²) in [6.07, 6.45) is 4.43. The highest BCUT2D eigenvalue weighted by molar-refractivity contribution is 5.91. The van der Waals surface area contributed by atoms with E-state index in [4.69, 9.17) is 9.57 Å². The van der Waals surface area contributed by atoms with Crippen molar-refractivity contribution >= 4 is 23.8 Å². The number of hydrogen-bond acceptors (Lipinski definition) is 6. The van der Waals surface area contributed by atoms with Crippen molar-refractivity contribution in [3.63, 3.8) is 0 Å². The topological polar surface area (TPSA) is 117 Å². The number of hydroxylamine groups is 1. The van der Waals surface area contributed by atoms with Crippen LogP contribution in [0.15, 0.2) is 60.7 Å². The van der Waals surface area contributed by atoms with Crippen molar-refractivity contribution in [1.29, 1.82) is 0 Å². The predicted molar refractivity (Wildman–Crippen MR) is 166 cm³/mol. The lowest BCUT2D eigenvalue weighted by molar-refractivity contribution is -0.143. The zero-order valence-corrected chi connectivity index (χ0v) is 26.1. The van der Waals surface area contributed by atoms with Gasteiger partial charge in [-0.15, -0.1) is 0 Å². The van der Waals surface area contributed by atoms with Gasteiger partial charge in [-0.3, -0.25) is 19.2 Å². The van der Waals surface area contributed by atoms with E-state index in [-0.39, 0.29) is 30.7 Å². The van der Waals surface area contributed by atoms with Gasteiger partial charge >= 0.3 is 6.09 Å². The molecule has 0 bridgehead atoms. The number of carbonyl (C=O) groups is 4. The minimum atomic E-state index is -0.790. The van der Waals surface area contributed by atoms with Gasteiger partial charge in [-0.05, 0) is 35.4 Å². The molecule has 1 saturated carbocycles. The zero-order chi connectivity index (χ0) is 31.5. The Morgan fingerprint density at radius 3 is 2.07 bits per heavy atom. The Hall–Kier alpha value is -3.92. The number of nitrogens with one attached hydrogen (secondary N) is 2. The van der Waals surface area contributed by atoms with E-state index in [0.717, 1.165) is 31.2 Å². The molecule has 2 aliphatic rings. The third-order valence-electron chi connectivity index (χ3n) is 8.36. The van der Waals surface area contributed by atoms with Crippen LogP contribution in [-0.4, -0.2) is 65.8 Å². The first-order chi connectivity index (χ1) is 21.1. The third-order valence-corrected chi connectivity index (χ3v) is 8.36. The van der Waals surface area contributed by atoms with E-state index < -0.39 is 23.5 Å². The van der Waals surface area contributed by atoms with Gasteiger partial charge in [0.05, 0.1) is 6.61 Å². The van der Waals surface area contributed by atoms with Gasteiger partial charge in [-0.1, -0.05) is 95.0 Å². The molecule has 2 aromatic rings. The summed E-state index contributed by atoms with van der Waals surface area (Å²) in [5, 5.41) is 3.03. The Morgan fingerprint density at radius 2 is 1.45 bits per heavy atom. The highest BCUT2D eigenvalue weighted by atomic mass is 16.6. The lowest BCUT2D eigenvalue weighted by Gasteiger charge is -2.39. The van der Waals surface area contributed by atoms with E-state index in [1.54, 1.807) is 34.1 Å². The van der Waals surface area contributed by atoms with Crippen LogP contribution in [0.5, 0.6) is 5.75 Å². The van der Waals surface area contributed by atoms with Gasteiger partial charge in [0, 0.05) is 38.5 Å². The maximum absolute atomic E-state index is 13.8. The maximum atomic E-state index is 13.8. The highest BCUT2D eigenvalue weighted by Gasteiger charge is 2.39. The van der Waals surface area contributed by atoms with Crippen molar-refractivity contribution in [3.8, 4) is 5.75 Å². The van der Waals surface area contributed by atoms with E-state index in [9.17, 15) is 19.2 Å². The molecule has 4 amide bonds. The third kappa shape index (κ3) is 9.80. The summed E-state index contributed by atoms with van der Waals surface area (Å²) in [5.41, 5.74) is 2.84. The van der Waals surface area contributed by atoms with Crippen molar-refractivity contribution < 1.29 is 28.8 Å². The summed E-state index contributed by atoms with van der Waals surface area (Å²) < 4.78 is 5.45. The van der Waals surface area contributed by atoms with E-state index in [0.29, 0.717) is 44.3 Å². The Bertz CT molecular complexity index is 1240. The van der Waals surface area contributed by atoms with E-state index in [1.165, 1.54) is 0 Å². The fraction of sp³-hybridized carbons (Fsp3) is 0.529. The number of hydrogen-bond donors (Lipinski definition) is 2. The summed E-state index contributed by atoms with van der Waals surface area (Å²) in [6.45, 7) is 7.29. The lowest BCUT2D eigenvalue weighted by atomic mass is 9.84. The quantitative estimate of drug-likeness (QED) is 0.359. The Labute approximate surface area is 260 Å². The fourth-order valence-electron chi connectivity index (χ4n) is 5.83. The first-order valence-corrected chi connectivity index (χ1v) is 15.7. The Kier molecular flexibility index (Phi) is 11.8. The van der Waals surface area contributed by atoms with Crippen LogP contribution in [0.25, 0.3) is 0 Å². The number of carbonyl (C=O) groups excluding carboxylic acids is 4. The highest BCUT2D eigenvalue weighted by Crippen LogP contribution is 2.32. The molecule has 2 N–H and O–H groups in total. The summed E-state index contributed by atoms with van der Waals surface area (Å²) >= 11 is 0. The van der Waals surface area contributed by atoms with E-state index in [1.807, 2.05) is 57.2 Å². The van der Waals surface area contributed by atoms with E-state index in [2.05, 4.69) is 10.8 Å². The van der Waals surface area contributed by atoms with Crippen LogP contribution in [0, 0.1) is 17.3 Å². The van der Waals surface area contributed by atoms with Gasteiger partial charge in [0.15, 0.2) is 0 Å². The largest absolute Gasteiger partial charge is 0.415 e. The molecule has 0 aromatic heterocycles. The van der Waals surface area contributed by atoms with Crippen LogP contribution in [-0.2, 0) is 25.8 Å². The molecule has 1 aliphatic carbocycles. The molecule has 1 aliphatic heterocycles. The Morgan fingerprint density at radius 1 is 0.864 bits per heavy atom. The van der Waals surface area contributed by atoms with Gasteiger partial charge in [-0.2, -0.15) is 0 Å². The van der Waals surface area contributed by atoms with Crippen LogP contribution >= 0.6 is 0 Å². The lowest BCUT2D eigenvalue weighted by Crippen LogP contribution is -2.60. The summed E-state index contributed by atoms with van der Waals surface area (Å²) in [6, 6.07) is 17.6. The monoisotopic (exact) mass is 606 g/mol. The van der Waals surface area contributed by atoms with Gasteiger partial charge in [0.25, 0.3) is 0 Å². The predicted octanol–water partition coefficient (Wildman–Crippen LogP) is 4.70. The number of benzene rings is 2. The average Bonchev–Trinajstić information content (AvgIpc) is 3.53. The molecule has 44 heavy (non-hydrogen) atoms. The number of amides is 4. The van der Waals surface area contributed by atoms with E-state index >= 15 is 0 Å². The number of nitrogens with zero attached hydrogens (tertiary/aromatic N) is 2. The number of ether oxygens (including phenoxy) is 1. The van der Waals surface area contributed by atoms with Crippen LogP contribution in [0.4, 0.5) is 4.79 Å². The molecule has 1 heterocycles. The number of piperazine rings is 1. The average molecular weight is 607 g/mol. The number of para-hydroxylation sites is 1. The van der Waals surface area contributed by atoms with Gasteiger partial charge in [0.2, 0.25) is 17.7 Å². The zero-order valence-electron chi connectivity index (χ0n) is 26.1. The van der Waals surface area contributed by atoms with Crippen LogP contribution in [0.3, 0.4) is 0 Å². The molecule has 238 valence electrons. The smallest absolute Gasteiger partial charge is 0.410 e. The molecule has 2 fully saturated rings. The molecular weight excluding hydrogens is 560 g/mol. The second-order valence-corrected chi connectivity index (χ2v) is 12.9. The summed E-state index contributed by atoms with van der Waals surface area (Å²) in [7, 11) is 0. The Balaban J connectivity index is 1.34. The molecule has 1 saturated heterocycles. The van der Waals surface area contributed by atoms with Crippen molar-refractivity contribution in [3.05, 3.63) is 66.2 Å². The second-order valence-electron chi connectivity index (χ2n) is 12.9. The minimum Gasteiger partial charge on any atom is -0.410 e. The molecule has 10 heteroatoms. The normalized spacial score (nSPS) is 17.1. The van der Waals surface area contributed by atoms with Crippen molar-refractivity contribution in [2.75, 3.05) is 26.2 Å². The fourth-order valence-corrected chi connectivity index (χ4v) is 5.83. The molecule has 2 aromatic carbocycles. The number of rotatable bonds is 11. The molecule has 4 rings (SSSR count). The van der Waals surface area contributed by atoms with Gasteiger partial charge in [0.1, 0.15) is 11.8 Å². The molecule has 1 unspecified atom stereocenters. The minimum absolute atomic E-state index is 0.0234. The first kappa shape index (κ1) is 33.0. The van der Waals surface area contributed by atoms with Crippen LogP contribution in [0.1, 0.15) is 64.9 Å². The molecular formula is C34H46N4O6. The van der Waals surface area contributed by atoms with Crippen LogP contribution in [0.2, 0.25) is 0 Å². The molecule has 0 radical (unpaired) electrons. The second kappa shape index (κ2) is 15.7. The molecule has 2 atom stereocenters. The standard InChI is InChI=1S/C34H46N4O6/c1-34(2,3)30(32(41)37-18-20-38(21-19-37)33(42)44-28-16-8-5-9-17-28)35-31(40)27(22-25-12-10-11-13-25)23-29(39)36-43-24-26-14-6-4-7-15-26/h4-9,14-17,25,27,30H,10-13,18-24H2,1-3H3,(H,35,40)(H,36,39)/t27?,30-/m1/s1. The van der Waals surface area contributed by atoms with Gasteiger partial charge < -0.3 is 19.9 Å². The van der Waals surface area contributed by atoms with Crippen molar-refractivity contribution in [1.82, 2.24) is 20.6 Å². The molecule has 0 spiro atoms. The first-order valence-electron chi connectivity index (χ1n) is 15.7. The van der Waals surface area contributed by atoms with Gasteiger partial charge in [-0.25, -0.2) is 10.3 Å². The SMILES string of the molecule is CC(C)(C)[C@H](NC(=O)C(CC(=O)NOCc1ccccc1)CC1CCCC1)C(=O)N1CCN(C(=O)Oc2ccccc2)CC1. The molecule has 10 nitrogen and oxygen atoms in total. The summed E-state index contributed by atoms with van der Waals surface area (Å²) in [4.78, 5) is 61.7.